The highest BCUT2D eigenvalue weighted by atomic mass is 32.1. The molecule has 2 saturated carbocycles. The Labute approximate surface area is 134 Å². The van der Waals surface area contributed by atoms with Gasteiger partial charge in [0.05, 0.1) is 0 Å². The highest BCUT2D eigenvalue weighted by Gasteiger charge is 2.31. The van der Waals surface area contributed by atoms with Crippen molar-refractivity contribution in [1.82, 2.24) is 5.32 Å². The summed E-state index contributed by atoms with van der Waals surface area (Å²) in [5.74, 6) is 0.332. The van der Waals surface area contributed by atoms with E-state index < -0.39 is 0 Å². The van der Waals surface area contributed by atoms with Crippen LogP contribution in [-0.4, -0.2) is 16.9 Å². The van der Waals surface area contributed by atoms with Gasteiger partial charge in [0, 0.05) is 23.2 Å². The second-order valence-corrected chi connectivity index (χ2v) is 6.37. The number of amides is 2. The van der Waals surface area contributed by atoms with Crippen LogP contribution in [0.15, 0.2) is 18.2 Å². The van der Waals surface area contributed by atoms with E-state index in [4.69, 9.17) is 12.2 Å². The average Bonchev–Trinajstić information content (AvgIpc) is 3.35. The van der Waals surface area contributed by atoms with E-state index in [1.165, 1.54) is 0 Å². The maximum absolute atomic E-state index is 11.9. The van der Waals surface area contributed by atoms with Gasteiger partial charge in [-0.1, -0.05) is 6.07 Å². The van der Waals surface area contributed by atoms with Crippen LogP contribution in [0, 0.1) is 18.8 Å². The molecule has 2 aliphatic rings. The Morgan fingerprint density at radius 1 is 1.00 bits per heavy atom. The molecule has 3 N–H and O–H groups in total. The summed E-state index contributed by atoms with van der Waals surface area (Å²) in [6.07, 6.45) is 3.83. The minimum atomic E-state index is -0.0201. The predicted octanol–water partition coefficient (Wildman–Crippen LogP) is 2.57. The number of hydrogen-bond acceptors (Lipinski definition) is 3. The van der Waals surface area contributed by atoms with Gasteiger partial charge < -0.3 is 16.0 Å². The zero-order valence-corrected chi connectivity index (χ0v) is 13.3. The SMILES string of the molecule is Cc1c(NC(=O)C2CC2)cccc1NC(=S)NC(=O)C1CC1. The van der Waals surface area contributed by atoms with Gasteiger partial charge in [0.25, 0.3) is 0 Å². The Morgan fingerprint density at radius 2 is 1.55 bits per heavy atom. The molecule has 2 aliphatic carbocycles. The van der Waals surface area contributed by atoms with Crippen molar-refractivity contribution in [2.45, 2.75) is 32.6 Å². The minimum absolute atomic E-state index is 0.0201. The Balaban J connectivity index is 1.63. The molecule has 0 aliphatic heterocycles. The molecule has 0 atom stereocenters. The number of hydrogen-bond donors (Lipinski definition) is 3. The standard InChI is InChI=1S/C16H19N3O2S/c1-9-12(17-14(20)10-5-6-10)3-2-4-13(9)18-16(22)19-15(21)11-7-8-11/h2-4,10-11H,5-8H2,1H3,(H,17,20)(H2,18,19,21,22). The number of thiocarbonyl (C=S) groups is 1. The molecule has 2 fully saturated rings. The number of nitrogens with one attached hydrogen (secondary N) is 3. The molecule has 0 aromatic heterocycles. The van der Waals surface area contributed by atoms with Crippen LogP contribution in [0.25, 0.3) is 0 Å². The highest BCUT2D eigenvalue weighted by Crippen LogP contribution is 2.32. The van der Waals surface area contributed by atoms with Crippen LogP contribution in [0.5, 0.6) is 0 Å². The lowest BCUT2D eigenvalue weighted by Crippen LogP contribution is -2.35. The summed E-state index contributed by atoms with van der Waals surface area (Å²) in [7, 11) is 0. The van der Waals surface area contributed by atoms with Crippen LogP contribution >= 0.6 is 12.2 Å². The zero-order chi connectivity index (χ0) is 15.7. The Bertz CT molecular complexity index is 636. The zero-order valence-electron chi connectivity index (χ0n) is 12.4. The molecule has 5 nitrogen and oxygen atoms in total. The molecule has 0 heterocycles. The third-order valence-corrected chi connectivity index (χ3v) is 4.18. The van der Waals surface area contributed by atoms with Crippen molar-refractivity contribution in [3.8, 4) is 0 Å². The molecule has 0 bridgehead atoms. The quantitative estimate of drug-likeness (QED) is 0.747. The lowest BCUT2D eigenvalue weighted by Gasteiger charge is -2.15. The third-order valence-electron chi connectivity index (χ3n) is 3.97. The summed E-state index contributed by atoms with van der Waals surface area (Å²) < 4.78 is 0. The van der Waals surface area contributed by atoms with Gasteiger partial charge in [0.1, 0.15) is 0 Å². The Kier molecular flexibility index (Phi) is 4.11. The van der Waals surface area contributed by atoms with E-state index in [1.807, 2.05) is 25.1 Å². The van der Waals surface area contributed by atoms with Crippen molar-refractivity contribution in [2.75, 3.05) is 10.6 Å². The fraction of sp³-hybridized carbons (Fsp3) is 0.438. The van der Waals surface area contributed by atoms with Gasteiger partial charge in [-0.3, -0.25) is 9.59 Å². The second kappa shape index (κ2) is 6.04. The van der Waals surface area contributed by atoms with E-state index in [2.05, 4.69) is 16.0 Å². The molecule has 0 spiro atoms. The van der Waals surface area contributed by atoms with Crippen LogP contribution < -0.4 is 16.0 Å². The van der Waals surface area contributed by atoms with Crippen molar-refractivity contribution in [3.63, 3.8) is 0 Å². The third kappa shape index (κ3) is 3.62. The lowest BCUT2D eigenvalue weighted by atomic mass is 10.1. The van der Waals surface area contributed by atoms with Gasteiger partial charge in [0.2, 0.25) is 11.8 Å². The maximum Gasteiger partial charge on any atom is 0.229 e. The normalized spacial score (nSPS) is 16.8. The molecule has 116 valence electrons. The first-order valence-corrected chi connectivity index (χ1v) is 7.97. The molecular formula is C16H19N3O2S. The van der Waals surface area contributed by atoms with E-state index >= 15 is 0 Å². The first-order valence-electron chi connectivity index (χ1n) is 7.57. The summed E-state index contributed by atoms with van der Waals surface area (Å²) in [6.45, 7) is 1.91. The first kappa shape index (κ1) is 15.0. The lowest BCUT2D eigenvalue weighted by molar-refractivity contribution is -0.121. The molecule has 6 heteroatoms. The smallest absolute Gasteiger partial charge is 0.229 e. The van der Waals surface area contributed by atoms with Crippen molar-refractivity contribution < 1.29 is 9.59 Å². The van der Waals surface area contributed by atoms with Gasteiger partial charge in [-0.25, -0.2) is 0 Å². The molecular weight excluding hydrogens is 298 g/mol. The fourth-order valence-corrected chi connectivity index (χ4v) is 2.41. The van der Waals surface area contributed by atoms with Crippen molar-refractivity contribution in [3.05, 3.63) is 23.8 Å². The van der Waals surface area contributed by atoms with Gasteiger partial charge >= 0.3 is 0 Å². The summed E-state index contributed by atoms with van der Waals surface area (Å²) in [5.41, 5.74) is 2.47. The van der Waals surface area contributed by atoms with Gasteiger partial charge in [-0.2, -0.15) is 0 Å². The van der Waals surface area contributed by atoms with E-state index in [9.17, 15) is 9.59 Å². The Hall–Kier alpha value is -1.95. The van der Waals surface area contributed by atoms with Crippen molar-refractivity contribution >= 4 is 40.5 Å². The maximum atomic E-state index is 11.9. The molecule has 22 heavy (non-hydrogen) atoms. The van der Waals surface area contributed by atoms with Crippen molar-refractivity contribution in [1.29, 1.82) is 0 Å². The minimum Gasteiger partial charge on any atom is -0.332 e. The number of benzene rings is 1. The molecule has 0 saturated heterocycles. The summed E-state index contributed by atoms with van der Waals surface area (Å²) in [4.78, 5) is 23.6. The molecule has 0 unspecified atom stereocenters. The second-order valence-electron chi connectivity index (χ2n) is 5.96. The average molecular weight is 317 g/mol. The molecule has 2 amide bonds. The monoisotopic (exact) mass is 317 g/mol. The van der Waals surface area contributed by atoms with E-state index in [0.29, 0.717) is 5.11 Å². The van der Waals surface area contributed by atoms with Crippen LogP contribution in [0.3, 0.4) is 0 Å². The summed E-state index contributed by atoms with van der Waals surface area (Å²) >= 11 is 5.17. The van der Waals surface area contributed by atoms with Crippen molar-refractivity contribution in [2.24, 2.45) is 11.8 Å². The highest BCUT2D eigenvalue weighted by molar-refractivity contribution is 7.80. The Morgan fingerprint density at radius 3 is 2.14 bits per heavy atom. The number of anilines is 2. The molecule has 1 aromatic rings. The summed E-state index contributed by atoms with van der Waals surface area (Å²) in [5, 5.41) is 8.97. The van der Waals surface area contributed by atoms with Gasteiger partial charge in [-0.05, 0) is 62.5 Å². The topological polar surface area (TPSA) is 70.2 Å². The molecule has 3 rings (SSSR count). The van der Waals surface area contributed by atoms with Gasteiger partial charge in [0.15, 0.2) is 5.11 Å². The first-order chi connectivity index (χ1) is 10.5. The number of carbonyl (C=O) groups is 2. The molecule has 1 aromatic carbocycles. The van der Waals surface area contributed by atoms with Crippen LogP contribution in [-0.2, 0) is 9.59 Å². The van der Waals surface area contributed by atoms with E-state index in [-0.39, 0.29) is 23.7 Å². The number of carbonyl (C=O) groups excluding carboxylic acids is 2. The van der Waals surface area contributed by atoms with E-state index in [0.717, 1.165) is 42.6 Å². The largest absolute Gasteiger partial charge is 0.332 e. The van der Waals surface area contributed by atoms with E-state index in [1.54, 1.807) is 0 Å². The summed E-state index contributed by atoms with van der Waals surface area (Å²) in [6, 6.07) is 5.59. The van der Waals surface area contributed by atoms with Crippen LogP contribution in [0.2, 0.25) is 0 Å². The van der Waals surface area contributed by atoms with Gasteiger partial charge in [-0.15, -0.1) is 0 Å². The van der Waals surface area contributed by atoms with Crippen LogP contribution in [0.4, 0.5) is 11.4 Å². The fourth-order valence-electron chi connectivity index (χ4n) is 2.20. The number of rotatable bonds is 4. The van der Waals surface area contributed by atoms with Crippen LogP contribution in [0.1, 0.15) is 31.2 Å². The predicted molar refractivity (Wildman–Crippen MR) is 89.6 cm³/mol. The molecule has 0 radical (unpaired) electrons.